The van der Waals surface area contributed by atoms with E-state index < -0.39 is 5.97 Å². The third kappa shape index (κ3) is 4.05. The third-order valence-electron chi connectivity index (χ3n) is 3.60. The fourth-order valence-corrected chi connectivity index (χ4v) is 1.56. The largest absolute Gasteiger partial charge is 0.478 e. The highest BCUT2D eigenvalue weighted by molar-refractivity contribution is 5.94. The molecule has 1 unspecified atom stereocenters. The van der Waals surface area contributed by atoms with E-state index in [9.17, 15) is 9.59 Å². The Morgan fingerprint density at radius 1 is 1.35 bits per heavy atom. The van der Waals surface area contributed by atoms with Gasteiger partial charge in [-0.05, 0) is 30.4 Å². The first-order chi connectivity index (χ1) is 9.12. The number of amides is 1. The van der Waals surface area contributed by atoms with Gasteiger partial charge in [0.15, 0.2) is 0 Å². The molecule has 5 heteroatoms. The number of rotatable bonds is 4. The fourth-order valence-electron chi connectivity index (χ4n) is 1.56. The molecule has 110 valence electrons. The number of carboxylic acid groups (broad SMARTS) is 1. The standard InChI is InChI=1S/C15H22N2O3/c1-9(15(3,4)5)8-16-13(18)12-7-6-11(14(19)20)10(2)17-12/h6-7,9H,8H2,1-5H3,(H,16,18)(H,19,20). The number of hydrogen-bond acceptors (Lipinski definition) is 3. The zero-order valence-corrected chi connectivity index (χ0v) is 12.7. The van der Waals surface area contributed by atoms with E-state index in [4.69, 9.17) is 5.11 Å². The Bertz CT molecular complexity index is 518. The lowest BCUT2D eigenvalue weighted by atomic mass is 9.82. The van der Waals surface area contributed by atoms with Crippen molar-refractivity contribution in [2.24, 2.45) is 11.3 Å². The number of hydrogen-bond donors (Lipinski definition) is 2. The summed E-state index contributed by atoms with van der Waals surface area (Å²) in [6, 6.07) is 2.85. The molecule has 1 aromatic rings. The van der Waals surface area contributed by atoms with E-state index in [1.54, 1.807) is 6.92 Å². The Morgan fingerprint density at radius 2 is 1.95 bits per heavy atom. The van der Waals surface area contributed by atoms with Gasteiger partial charge < -0.3 is 10.4 Å². The van der Waals surface area contributed by atoms with Gasteiger partial charge >= 0.3 is 5.97 Å². The Labute approximate surface area is 119 Å². The number of aromatic carboxylic acids is 1. The Kier molecular flexibility index (Phi) is 4.87. The van der Waals surface area contributed by atoms with Gasteiger partial charge in [-0.3, -0.25) is 4.79 Å². The summed E-state index contributed by atoms with van der Waals surface area (Å²) < 4.78 is 0. The molecule has 0 bridgehead atoms. The number of carboxylic acids is 1. The van der Waals surface area contributed by atoms with Crippen LogP contribution in [0.25, 0.3) is 0 Å². The van der Waals surface area contributed by atoms with Crippen molar-refractivity contribution in [3.8, 4) is 0 Å². The Morgan fingerprint density at radius 3 is 2.40 bits per heavy atom. The van der Waals surface area contributed by atoms with Gasteiger partial charge in [-0.15, -0.1) is 0 Å². The first kappa shape index (κ1) is 16.1. The molecule has 1 aromatic heterocycles. The smallest absolute Gasteiger partial charge is 0.337 e. The van der Waals surface area contributed by atoms with Gasteiger partial charge in [-0.2, -0.15) is 0 Å². The Hall–Kier alpha value is -1.91. The lowest BCUT2D eigenvalue weighted by molar-refractivity contribution is 0.0694. The van der Waals surface area contributed by atoms with Crippen LogP contribution in [0, 0.1) is 18.3 Å². The number of nitrogens with zero attached hydrogens (tertiary/aromatic N) is 1. The highest BCUT2D eigenvalue weighted by Gasteiger charge is 2.21. The molecule has 1 atom stereocenters. The molecule has 0 aliphatic rings. The van der Waals surface area contributed by atoms with Gasteiger partial charge in [0.25, 0.3) is 5.91 Å². The van der Waals surface area contributed by atoms with Crippen LogP contribution in [-0.2, 0) is 0 Å². The molecule has 1 rings (SSSR count). The summed E-state index contributed by atoms with van der Waals surface area (Å²) in [4.78, 5) is 26.9. The van der Waals surface area contributed by atoms with Crippen LogP contribution in [0.15, 0.2) is 12.1 Å². The van der Waals surface area contributed by atoms with E-state index in [0.717, 1.165) is 0 Å². The van der Waals surface area contributed by atoms with Crippen LogP contribution in [0.2, 0.25) is 0 Å². The van der Waals surface area contributed by atoms with Crippen molar-refractivity contribution in [2.75, 3.05) is 6.54 Å². The van der Waals surface area contributed by atoms with Crippen molar-refractivity contribution in [1.82, 2.24) is 10.3 Å². The van der Waals surface area contributed by atoms with Crippen molar-refractivity contribution >= 4 is 11.9 Å². The maximum Gasteiger partial charge on any atom is 0.337 e. The van der Waals surface area contributed by atoms with E-state index in [0.29, 0.717) is 18.2 Å². The lowest BCUT2D eigenvalue weighted by Gasteiger charge is -2.27. The predicted octanol–water partition coefficient (Wildman–Crippen LogP) is 2.50. The monoisotopic (exact) mass is 278 g/mol. The number of aromatic nitrogens is 1. The van der Waals surface area contributed by atoms with Crippen LogP contribution >= 0.6 is 0 Å². The van der Waals surface area contributed by atoms with Crippen LogP contribution in [0.1, 0.15) is 54.2 Å². The molecule has 5 nitrogen and oxygen atoms in total. The molecule has 0 spiro atoms. The maximum absolute atomic E-state index is 12.0. The highest BCUT2D eigenvalue weighted by Crippen LogP contribution is 2.24. The highest BCUT2D eigenvalue weighted by atomic mass is 16.4. The minimum absolute atomic E-state index is 0.115. The average molecular weight is 278 g/mol. The number of nitrogens with one attached hydrogen (secondary N) is 1. The molecule has 0 aliphatic carbocycles. The predicted molar refractivity (Wildman–Crippen MR) is 76.9 cm³/mol. The van der Waals surface area contributed by atoms with Gasteiger partial charge in [-0.25, -0.2) is 9.78 Å². The Balaban J connectivity index is 2.74. The molecular weight excluding hydrogens is 256 g/mol. The van der Waals surface area contributed by atoms with Crippen molar-refractivity contribution in [3.63, 3.8) is 0 Å². The normalized spacial score (nSPS) is 12.8. The van der Waals surface area contributed by atoms with Crippen LogP contribution in [0.5, 0.6) is 0 Å². The number of pyridine rings is 1. The molecule has 1 amide bonds. The summed E-state index contributed by atoms with van der Waals surface area (Å²) in [5.74, 6) is -0.990. The second-order valence-electron chi connectivity index (χ2n) is 6.11. The molecule has 0 aliphatic heterocycles. The summed E-state index contributed by atoms with van der Waals surface area (Å²) >= 11 is 0. The number of carbonyl (C=O) groups excluding carboxylic acids is 1. The van der Waals surface area contributed by atoms with E-state index in [-0.39, 0.29) is 22.6 Å². The van der Waals surface area contributed by atoms with E-state index in [1.807, 2.05) is 0 Å². The van der Waals surface area contributed by atoms with Crippen molar-refractivity contribution in [1.29, 1.82) is 0 Å². The molecule has 0 saturated heterocycles. The van der Waals surface area contributed by atoms with Crippen molar-refractivity contribution < 1.29 is 14.7 Å². The summed E-state index contributed by atoms with van der Waals surface area (Å²) in [5, 5.41) is 11.8. The minimum atomic E-state index is -1.04. The van der Waals surface area contributed by atoms with Crippen LogP contribution < -0.4 is 5.32 Å². The zero-order chi connectivity index (χ0) is 15.5. The number of carbonyl (C=O) groups is 2. The fraction of sp³-hybridized carbons (Fsp3) is 0.533. The first-order valence-corrected chi connectivity index (χ1v) is 6.62. The SMILES string of the molecule is Cc1nc(C(=O)NCC(C)C(C)(C)C)ccc1C(=O)O. The van der Waals surface area contributed by atoms with Crippen LogP contribution in [0.3, 0.4) is 0 Å². The lowest BCUT2D eigenvalue weighted by Crippen LogP contribution is -2.34. The molecule has 20 heavy (non-hydrogen) atoms. The average Bonchev–Trinajstić information content (AvgIpc) is 2.33. The van der Waals surface area contributed by atoms with Crippen LogP contribution in [-0.4, -0.2) is 28.5 Å². The molecule has 0 fully saturated rings. The molecule has 0 aromatic carbocycles. The van der Waals surface area contributed by atoms with Gasteiger partial charge in [0.05, 0.1) is 11.3 Å². The molecular formula is C15H22N2O3. The van der Waals surface area contributed by atoms with Crippen molar-refractivity contribution in [2.45, 2.75) is 34.6 Å². The van der Waals surface area contributed by atoms with E-state index >= 15 is 0 Å². The van der Waals surface area contributed by atoms with Gasteiger partial charge in [0, 0.05) is 6.54 Å². The maximum atomic E-state index is 12.0. The first-order valence-electron chi connectivity index (χ1n) is 6.62. The summed E-state index contributed by atoms with van der Waals surface area (Å²) in [7, 11) is 0. The summed E-state index contributed by atoms with van der Waals surface area (Å²) in [5.41, 5.74) is 0.816. The van der Waals surface area contributed by atoms with Gasteiger partial charge in [0.2, 0.25) is 0 Å². The summed E-state index contributed by atoms with van der Waals surface area (Å²) in [6.07, 6.45) is 0. The quantitative estimate of drug-likeness (QED) is 0.887. The number of aryl methyl sites for hydroxylation is 1. The van der Waals surface area contributed by atoms with E-state index in [1.165, 1.54) is 12.1 Å². The molecule has 0 saturated carbocycles. The topological polar surface area (TPSA) is 79.3 Å². The second-order valence-corrected chi connectivity index (χ2v) is 6.11. The van der Waals surface area contributed by atoms with Crippen molar-refractivity contribution in [3.05, 3.63) is 29.1 Å². The minimum Gasteiger partial charge on any atom is -0.478 e. The molecule has 1 heterocycles. The van der Waals surface area contributed by atoms with Gasteiger partial charge in [-0.1, -0.05) is 27.7 Å². The van der Waals surface area contributed by atoms with Crippen LogP contribution in [0.4, 0.5) is 0 Å². The third-order valence-corrected chi connectivity index (χ3v) is 3.60. The zero-order valence-electron chi connectivity index (χ0n) is 12.7. The van der Waals surface area contributed by atoms with Gasteiger partial charge in [0.1, 0.15) is 5.69 Å². The van der Waals surface area contributed by atoms with E-state index in [2.05, 4.69) is 38.0 Å². The summed E-state index contributed by atoms with van der Waals surface area (Å²) in [6.45, 7) is 10.6. The molecule has 0 radical (unpaired) electrons. The second kappa shape index (κ2) is 6.03. The molecule has 2 N–H and O–H groups in total.